The molecule has 104 valence electrons. The number of nitrogens with zero attached hydrogens (tertiary/aromatic N) is 1. The van der Waals surface area contributed by atoms with Crippen molar-refractivity contribution in [3.63, 3.8) is 0 Å². The van der Waals surface area contributed by atoms with E-state index in [9.17, 15) is 4.79 Å². The Bertz CT molecular complexity index is 594. The van der Waals surface area contributed by atoms with Crippen LogP contribution < -0.4 is 4.90 Å². The van der Waals surface area contributed by atoms with Crippen molar-refractivity contribution >= 4 is 29.1 Å². The van der Waals surface area contributed by atoms with Crippen LogP contribution in [0.5, 0.6) is 0 Å². The molecule has 2 aromatic rings. The number of thiophene rings is 1. The van der Waals surface area contributed by atoms with Crippen LogP contribution in [0.25, 0.3) is 6.08 Å². The fourth-order valence-electron chi connectivity index (χ4n) is 2.04. The van der Waals surface area contributed by atoms with Crippen LogP contribution in [-0.2, 0) is 4.74 Å². The van der Waals surface area contributed by atoms with Gasteiger partial charge in [-0.25, -0.2) is 0 Å². The van der Waals surface area contributed by atoms with Gasteiger partial charge in [-0.05, 0) is 29.7 Å². The maximum atomic E-state index is 11.8. The van der Waals surface area contributed by atoms with E-state index >= 15 is 0 Å². The lowest BCUT2D eigenvalue weighted by Gasteiger charge is -2.26. The predicted molar refractivity (Wildman–Crippen MR) is 79.4 cm³/mol. The summed E-state index contributed by atoms with van der Waals surface area (Å²) in [6.07, 6.45) is 3.26. The number of hydrogen-bond acceptors (Lipinski definition) is 5. The fraction of sp³-hybridized carbons (Fsp3) is 0.267. The molecule has 0 spiro atoms. The molecular weight excluding hydrogens is 274 g/mol. The first-order chi connectivity index (χ1) is 9.83. The molecule has 1 aliphatic heterocycles. The first-order valence-electron chi connectivity index (χ1n) is 6.51. The molecule has 0 aliphatic carbocycles. The molecule has 0 unspecified atom stereocenters. The number of allylic oxidation sites excluding steroid dienone is 1. The Labute approximate surface area is 121 Å². The van der Waals surface area contributed by atoms with Crippen molar-refractivity contribution in [1.82, 2.24) is 0 Å². The molecule has 0 N–H and O–H groups in total. The van der Waals surface area contributed by atoms with Crippen LogP contribution >= 0.6 is 11.3 Å². The highest BCUT2D eigenvalue weighted by atomic mass is 32.1. The van der Waals surface area contributed by atoms with Crippen LogP contribution in [0.4, 0.5) is 5.88 Å². The van der Waals surface area contributed by atoms with Crippen LogP contribution in [-0.4, -0.2) is 32.1 Å². The van der Waals surface area contributed by atoms with E-state index in [-0.39, 0.29) is 5.78 Å². The van der Waals surface area contributed by atoms with E-state index < -0.39 is 0 Å². The molecule has 0 bridgehead atoms. The van der Waals surface area contributed by atoms with Gasteiger partial charge in [-0.1, -0.05) is 6.07 Å². The Morgan fingerprint density at radius 1 is 1.25 bits per heavy atom. The lowest BCUT2D eigenvalue weighted by molar-refractivity contribution is 0.105. The zero-order valence-electron chi connectivity index (χ0n) is 11.0. The summed E-state index contributed by atoms with van der Waals surface area (Å²) < 4.78 is 11.0. The second-order valence-electron chi connectivity index (χ2n) is 4.45. The highest BCUT2D eigenvalue weighted by molar-refractivity contribution is 7.12. The largest absolute Gasteiger partial charge is 0.441 e. The summed E-state index contributed by atoms with van der Waals surface area (Å²) in [5.41, 5.74) is 0. The van der Waals surface area contributed by atoms with Crippen LogP contribution in [0.15, 0.2) is 40.1 Å². The van der Waals surface area contributed by atoms with Crippen molar-refractivity contribution in [2.24, 2.45) is 0 Å². The standard InChI is InChI=1S/C15H15NO3S/c17-13(14-2-1-11-20-14)5-3-12-4-6-15(19-12)16-7-9-18-10-8-16/h1-6,11H,7-10H2. The van der Waals surface area contributed by atoms with Crippen LogP contribution in [0.3, 0.4) is 0 Å². The highest BCUT2D eigenvalue weighted by Crippen LogP contribution is 2.21. The topological polar surface area (TPSA) is 42.7 Å². The molecule has 5 heteroatoms. The number of carbonyl (C=O) groups excluding carboxylic acids is 1. The summed E-state index contributed by atoms with van der Waals surface area (Å²) in [6, 6.07) is 7.50. The second kappa shape index (κ2) is 6.07. The molecule has 20 heavy (non-hydrogen) atoms. The smallest absolute Gasteiger partial charge is 0.196 e. The van der Waals surface area contributed by atoms with E-state index in [2.05, 4.69) is 4.90 Å². The second-order valence-corrected chi connectivity index (χ2v) is 5.40. The van der Waals surface area contributed by atoms with Gasteiger partial charge in [0.1, 0.15) is 5.76 Å². The third-order valence-electron chi connectivity index (χ3n) is 3.10. The lowest BCUT2D eigenvalue weighted by atomic mass is 10.3. The molecule has 3 heterocycles. The quantitative estimate of drug-likeness (QED) is 0.641. The summed E-state index contributed by atoms with van der Waals surface area (Å²) in [7, 11) is 0. The maximum Gasteiger partial charge on any atom is 0.196 e. The first kappa shape index (κ1) is 13.1. The SMILES string of the molecule is O=C(C=Cc1ccc(N2CCOCC2)o1)c1cccs1. The van der Waals surface area contributed by atoms with Crippen molar-refractivity contribution in [3.8, 4) is 0 Å². The van der Waals surface area contributed by atoms with Gasteiger partial charge in [0.25, 0.3) is 0 Å². The minimum atomic E-state index is 0.00400. The molecule has 1 saturated heterocycles. The molecular formula is C15H15NO3S. The summed E-state index contributed by atoms with van der Waals surface area (Å²) >= 11 is 1.44. The van der Waals surface area contributed by atoms with E-state index in [1.54, 1.807) is 12.2 Å². The van der Waals surface area contributed by atoms with Crippen LogP contribution in [0.2, 0.25) is 0 Å². The summed E-state index contributed by atoms with van der Waals surface area (Å²) in [4.78, 5) is 14.7. The van der Waals surface area contributed by atoms with Crippen LogP contribution in [0.1, 0.15) is 15.4 Å². The molecule has 4 nitrogen and oxygen atoms in total. The molecule has 0 saturated carbocycles. The van der Waals surface area contributed by atoms with Crippen molar-refractivity contribution in [1.29, 1.82) is 0 Å². The monoisotopic (exact) mass is 289 g/mol. The molecule has 0 amide bonds. The molecule has 0 aromatic carbocycles. The Kier molecular flexibility index (Phi) is 3.99. The normalized spacial score (nSPS) is 15.9. The van der Waals surface area contributed by atoms with E-state index in [0.717, 1.165) is 37.1 Å². The molecule has 1 aliphatic rings. The number of carbonyl (C=O) groups is 1. The van der Waals surface area contributed by atoms with Gasteiger partial charge in [-0.3, -0.25) is 4.79 Å². The zero-order valence-corrected chi connectivity index (χ0v) is 11.8. The Hall–Kier alpha value is -1.85. The number of hydrogen-bond donors (Lipinski definition) is 0. The number of rotatable bonds is 4. The average molecular weight is 289 g/mol. The number of ether oxygens (including phenoxy) is 1. The van der Waals surface area contributed by atoms with Gasteiger partial charge < -0.3 is 14.1 Å². The van der Waals surface area contributed by atoms with Gasteiger partial charge in [0, 0.05) is 19.2 Å². The Morgan fingerprint density at radius 3 is 2.85 bits per heavy atom. The highest BCUT2D eigenvalue weighted by Gasteiger charge is 2.14. The van der Waals surface area contributed by atoms with E-state index in [1.165, 1.54) is 11.3 Å². The molecule has 0 radical (unpaired) electrons. The zero-order chi connectivity index (χ0) is 13.8. The van der Waals surface area contributed by atoms with Crippen molar-refractivity contribution in [3.05, 3.63) is 46.4 Å². The number of furan rings is 1. The van der Waals surface area contributed by atoms with E-state index in [4.69, 9.17) is 9.15 Å². The average Bonchev–Trinajstić information content (AvgIpc) is 3.17. The van der Waals surface area contributed by atoms with Gasteiger partial charge in [0.05, 0.1) is 18.1 Å². The molecule has 0 atom stereocenters. The van der Waals surface area contributed by atoms with E-state index in [0.29, 0.717) is 5.76 Å². The third-order valence-corrected chi connectivity index (χ3v) is 3.98. The number of ketones is 1. The maximum absolute atomic E-state index is 11.8. The third kappa shape index (κ3) is 3.00. The van der Waals surface area contributed by atoms with Crippen molar-refractivity contribution in [2.45, 2.75) is 0 Å². The lowest BCUT2D eigenvalue weighted by Crippen LogP contribution is -2.35. The van der Waals surface area contributed by atoms with Crippen LogP contribution in [0, 0.1) is 0 Å². The summed E-state index contributed by atoms with van der Waals surface area (Å²) in [6.45, 7) is 3.13. The number of anilines is 1. The van der Waals surface area contributed by atoms with E-state index in [1.807, 2.05) is 29.6 Å². The van der Waals surface area contributed by atoms with Crippen molar-refractivity contribution < 1.29 is 13.9 Å². The minimum Gasteiger partial charge on any atom is -0.441 e. The minimum absolute atomic E-state index is 0.00400. The summed E-state index contributed by atoms with van der Waals surface area (Å²) in [5.74, 6) is 1.53. The summed E-state index contributed by atoms with van der Waals surface area (Å²) in [5, 5.41) is 1.89. The van der Waals surface area contributed by atoms with Gasteiger partial charge >= 0.3 is 0 Å². The fourth-order valence-corrected chi connectivity index (χ4v) is 2.69. The van der Waals surface area contributed by atoms with Gasteiger partial charge in [-0.15, -0.1) is 11.3 Å². The molecule has 3 rings (SSSR count). The molecule has 2 aromatic heterocycles. The predicted octanol–water partition coefficient (Wildman–Crippen LogP) is 3.07. The first-order valence-corrected chi connectivity index (χ1v) is 7.39. The van der Waals surface area contributed by atoms with Gasteiger partial charge in [-0.2, -0.15) is 0 Å². The van der Waals surface area contributed by atoms with Gasteiger partial charge in [0.15, 0.2) is 11.7 Å². The Balaban J connectivity index is 1.66. The van der Waals surface area contributed by atoms with Crippen molar-refractivity contribution in [2.75, 3.05) is 31.2 Å². The Morgan fingerprint density at radius 2 is 2.10 bits per heavy atom. The number of morpholine rings is 1. The van der Waals surface area contributed by atoms with Gasteiger partial charge in [0.2, 0.25) is 0 Å². The molecule has 1 fully saturated rings.